The van der Waals surface area contributed by atoms with Gasteiger partial charge in [0.15, 0.2) is 5.82 Å². The Kier molecular flexibility index (Phi) is 8.98. The molecule has 0 bridgehead atoms. The molecule has 5 rings (SSSR count). The van der Waals surface area contributed by atoms with E-state index in [2.05, 4.69) is 39.5 Å². The van der Waals surface area contributed by atoms with Crippen LogP contribution in [0.5, 0.6) is 11.5 Å². The summed E-state index contributed by atoms with van der Waals surface area (Å²) in [6.45, 7) is 6.03. The summed E-state index contributed by atoms with van der Waals surface area (Å²) < 4.78 is 16.5. The summed E-state index contributed by atoms with van der Waals surface area (Å²) in [4.78, 5) is 28.5. The number of likely N-dealkylation sites (N-methyl/N-ethyl adjacent to an activating group) is 1. The fourth-order valence-electron chi connectivity index (χ4n) is 5.17. The lowest BCUT2D eigenvalue weighted by atomic mass is 10.1. The number of rotatable bonds is 10. The minimum absolute atomic E-state index is 0.214. The van der Waals surface area contributed by atoms with Crippen LogP contribution >= 0.6 is 23.2 Å². The molecule has 11 nitrogen and oxygen atoms in total. The Bertz CT molecular complexity index is 1430. The Morgan fingerprint density at radius 1 is 1.17 bits per heavy atom. The van der Waals surface area contributed by atoms with Crippen molar-refractivity contribution < 1.29 is 19.0 Å². The lowest BCUT2D eigenvalue weighted by Gasteiger charge is -2.22. The summed E-state index contributed by atoms with van der Waals surface area (Å²) in [6.07, 6.45) is 5.19. The molecule has 218 valence electrons. The molecule has 4 heterocycles. The average molecular weight is 603 g/mol. The zero-order valence-corrected chi connectivity index (χ0v) is 24.7. The Labute approximate surface area is 248 Å². The number of hydrogen-bond acceptors (Lipinski definition) is 10. The maximum atomic E-state index is 11.9. The van der Waals surface area contributed by atoms with Gasteiger partial charge in [-0.1, -0.05) is 29.8 Å². The second-order valence-corrected chi connectivity index (χ2v) is 10.8. The molecule has 3 atom stereocenters. The average Bonchev–Trinajstić information content (AvgIpc) is 3.59. The predicted molar refractivity (Wildman–Crippen MR) is 160 cm³/mol. The molecule has 2 aromatic heterocycles. The monoisotopic (exact) mass is 601 g/mol. The number of aromatic nitrogens is 3. The number of halogens is 2. The van der Waals surface area contributed by atoms with Gasteiger partial charge >= 0.3 is 0 Å². The highest BCUT2D eigenvalue weighted by Crippen LogP contribution is 2.46. The quantitative estimate of drug-likeness (QED) is 0.294. The van der Waals surface area contributed by atoms with Gasteiger partial charge in [0.25, 0.3) is 0 Å². The minimum Gasteiger partial charge on any atom is -0.495 e. The second kappa shape index (κ2) is 12.6. The SMILES string of the molecule is C=CC(=O)N[C@H]1COC[C@H]1Nc1ncc2cc(-c3c(Cl)c(OC)cc(OC)c3Cl)nc(NCC3CCCN3C)c2n1. The number of likely N-dealkylation sites (tertiary alicyclic amines) is 1. The van der Waals surface area contributed by atoms with Crippen LogP contribution in [-0.4, -0.2) is 91.5 Å². The third-order valence-corrected chi connectivity index (χ3v) is 8.23. The van der Waals surface area contributed by atoms with Crippen LogP contribution in [0.25, 0.3) is 22.2 Å². The van der Waals surface area contributed by atoms with Crippen LogP contribution < -0.4 is 25.4 Å². The van der Waals surface area contributed by atoms with Gasteiger partial charge in [-0.2, -0.15) is 0 Å². The smallest absolute Gasteiger partial charge is 0.243 e. The maximum absolute atomic E-state index is 11.9. The van der Waals surface area contributed by atoms with Crippen molar-refractivity contribution in [2.24, 2.45) is 0 Å². The molecule has 0 spiro atoms. The number of carbonyl (C=O) groups is 1. The van der Waals surface area contributed by atoms with Gasteiger partial charge in [-0.25, -0.2) is 15.0 Å². The molecule has 41 heavy (non-hydrogen) atoms. The van der Waals surface area contributed by atoms with Gasteiger partial charge in [0.05, 0.1) is 55.3 Å². The summed E-state index contributed by atoms with van der Waals surface area (Å²) >= 11 is 13.5. The normalized spacial score (nSPS) is 20.7. The molecule has 1 amide bonds. The van der Waals surface area contributed by atoms with Gasteiger partial charge in [-0.05, 0) is 38.6 Å². The standard InChI is InChI=1S/C28H33Cl2N7O4/c1-5-22(38)33-18-13-41-14-19(18)35-28-32-11-15-9-17(23-24(29)20(39-3)10-21(40-4)25(23)30)34-27(26(15)36-28)31-12-16-7-6-8-37(16)2/h5,9-11,16,18-19H,1,6-8,12-14H2,2-4H3,(H,31,34)(H,33,38)(H,32,35,36)/t16?,18-,19+/m0/s1. The predicted octanol–water partition coefficient (Wildman–Crippen LogP) is 4.00. The molecule has 1 unspecified atom stereocenters. The highest BCUT2D eigenvalue weighted by molar-refractivity contribution is 6.41. The van der Waals surface area contributed by atoms with E-state index in [1.54, 1.807) is 12.3 Å². The van der Waals surface area contributed by atoms with Crippen molar-refractivity contribution in [3.05, 3.63) is 41.0 Å². The van der Waals surface area contributed by atoms with Gasteiger partial charge in [-0.3, -0.25) is 4.79 Å². The van der Waals surface area contributed by atoms with Gasteiger partial charge in [0, 0.05) is 35.8 Å². The number of methoxy groups -OCH3 is 2. The molecule has 2 aliphatic rings. The molecule has 3 N–H and O–H groups in total. The van der Waals surface area contributed by atoms with E-state index in [1.807, 2.05) is 6.07 Å². The molecule has 3 aromatic rings. The number of pyridine rings is 1. The molecule has 13 heteroatoms. The van der Waals surface area contributed by atoms with Gasteiger partial charge in [0.2, 0.25) is 11.9 Å². The van der Waals surface area contributed by atoms with Crippen LogP contribution in [0.2, 0.25) is 10.0 Å². The largest absolute Gasteiger partial charge is 0.495 e. The van der Waals surface area contributed by atoms with Crippen LogP contribution in [0.1, 0.15) is 12.8 Å². The fourth-order valence-corrected chi connectivity index (χ4v) is 5.86. The van der Waals surface area contributed by atoms with Crippen molar-refractivity contribution in [1.29, 1.82) is 0 Å². The molecule has 2 fully saturated rings. The zero-order valence-electron chi connectivity index (χ0n) is 23.2. The van der Waals surface area contributed by atoms with Crippen molar-refractivity contribution in [3.8, 4) is 22.8 Å². The first-order chi connectivity index (χ1) is 19.8. The van der Waals surface area contributed by atoms with Gasteiger partial charge in [0.1, 0.15) is 17.0 Å². The number of amides is 1. The number of carbonyl (C=O) groups excluding carboxylic acids is 1. The summed E-state index contributed by atoms with van der Waals surface area (Å²) in [6, 6.07) is 3.38. The maximum Gasteiger partial charge on any atom is 0.243 e. The van der Waals surface area contributed by atoms with E-state index in [1.165, 1.54) is 20.3 Å². The highest BCUT2D eigenvalue weighted by Gasteiger charge is 2.30. The van der Waals surface area contributed by atoms with E-state index in [0.29, 0.717) is 75.9 Å². The molecule has 0 saturated carbocycles. The Hall–Kier alpha value is -3.38. The Morgan fingerprint density at radius 3 is 2.56 bits per heavy atom. The lowest BCUT2D eigenvalue weighted by Crippen LogP contribution is -2.45. The van der Waals surface area contributed by atoms with Crippen molar-refractivity contribution in [1.82, 2.24) is 25.2 Å². The summed E-state index contributed by atoms with van der Waals surface area (Å²) in [5.74, 6) is 1.52. The molecule has 1 aromatic carbocycles. The number of benzene rings is 1. The Balaban J connectivity index is 1.55. The molecule has 2 saturated heterocycles. The molecular weight excluding hydrogens is 569 g/mol. The number of ether oxygens (including phenoxy) is 3. The van der Waals surface area contributed by atoms with Crippen molar-refractivity contribution in [2.75, 3.05) is 58.2 Å². The Morgan fingerprint density at radius 2 is 1.90 bits per heavy atom. The van der Waals surface area contributed by atoms with Crippen LogP contribution in [0, 0.1) is 0 Å². The number of nitrogens with zero attached hydrogens (tertiary/aromatic N) is 4. The first-order valence-electron chi connectivity index (χ1n) is 13.3. The lowest BCUT2D eigenvalue weighted by molar-refractivity contribution is -0.117. The van der Waals surface area contributed by atoms with Crippen molar-refractivity contribution in [3.63, 3.8) is 0 Å². The van der Waals surface area contributed by atoms with Crippen LogP contribution in [-0.2, 0) is 9.53 Å². The number of anilines is 2. The third kappa shape index (κ3) is 6.13. The van der Waals surface area contributed by atoms with E-state index >= 15 is 0 Å². The third-order valence-electron chi connectivity index (χ3n) is 7.48. The topological polar surface area (TPSA) is 123 Å². The first-order valence-corrected chi connectivity index (χ1v) is 14.1. The van der Waals surface area contributed by atoms with Crippen molar-refractivity contribution >= 4 is 51.8 Å². The van der Waals surface area contributed by atoms with E-state index in [9.17, 15) is 4.79 Å². The van der Waals surface area contributed by atoms with Crippen LogP contribution in [0.3, 0.4) is 0 Å². The summed E-state index contributed by atoms with van der Waals surface area (Å²) in [5, 5.41) is 11.1. The molecule has 2 aliphatic heterocycles. The van der Waals surface area contributed by atoms with Crippen molar-refractivity contribution in [2.45, 2.75) is 31.0 Å². The van der Waals surface area contributed by atoms with E-state index in [0.717, 1.165) is 24.8 Å². The number of nitrogens with one attached hydrogen (secondary N) is 3. The van der Waals surface area contributed by atoms with Crippen LogP contribution in [0.15, 0.2) is 31.0 Å². The second-order valence-electron chi connectivity index (χ2n) is 10.0. The summed E-state index contributed by atoms with van der Waals surface area (Å²) in [5.41, 5.74) is 1.63. The zero-order chi connectivity index (χ0) is 29.1. The van der Waals surface area contributed by atoms with Crippen LogP contribution in [0.4, 0.5) is 11.8 Å². The molecule has 0 radical (unpaired) electrons. The number of hydrogen-bond donors (Lipinski definition) is 3. The fraction of sp³-hybridized carbons (Fsp3) is 0.429. The van der Waals surface area contributed by atoms with Gasteiger partial charge in [-0.15, -0.1) is 0 Å². The molecule has 0 aliphatic carbocycles. The highest BCUT2D eigenvalue weighted by atomic mass is 35.5. The number of fused-ring (bicyclic) bond motifs is 1. The van der Waals surface area contributed by atoms with E-state index < -0.39 is 0 Å². The minimum atomic E-state index is -0.265. The molecular formula is C28H33Cl2N7O4. The van der Waals surface area contributed by atoms with E-state index in [-0.39, 0.29) is 18.0 Å². The van der Waals surface area contributed by atoms with Gasteiger partial charge < -0.3 is 35.1 Å². The van der Waals surface area contributed by atoms with E-state index in [4.69, 9.17) is 47.4 Å². The first kappa shape index (κ1) is 29.1. The summed E-state index contributed by atoms with van der Waals surface area (Å²) in [7, 11) is 5.18.